The SMILES string of the molecule is NNC(=O)c1occc1CSc1c(N)cccc1Cl. The highest BCUT2D eigenvalue weighted by atomic mass is 35.5. The molecule has 0 aliphatic carbocycles. The van der Waals surface area contributed by atoms with Gasteiger partial charge < -0.3 is 10.2 Å². The second-order valence-electron chi connectivity index (χ2n) is 3.70. The van der Waals surface area contributed by atoms with Gasteiger partial charge in [0.1, 0.15) is 0 Å². The summed E-state index contributed by atoms with van der Waals surface area (Å²) in [6.45, 7) is 0. The van der Waals surface area contributed by atoms with E-state index in [9.17, 15) is 4.79 Å². The number of benzene rings is 1. The Kier molecular flexibility index (Phi) is 4.36. The number of hydrazine groups is 1. The molecule has 5 N–H and O–H groups in total. The van der Waals surface area contributed by atoms with Gasteiger partial charge in [-0.15, -0.1) is 11.8 Å². The number of carbonyl (C=O) groups is 1. The number of hydrogen-bond acceptors (Lipinski definition) is 5. The monoisotopic (exact) mass is 297 g/mol. The zero-order valence-corrected chi connectivity index (χ0v) is 11.4. The van der Waals surface area contributed by atoms with E-state index in [0.29, 0.717) is 16.5 Å². The van der Waals surface area contributed by atoms with Crippen molar-refractivity contribution in [3.8, 4) is 0 Å². The van der Waals surface area contributed by atoms with Crippen LogP contribution in [-0.2, 0) is 5.75 Å². The number of rotatable bonds is 4. The first kappa shape index (κ1) is 13.8. The van der Waals surface area contributed by atoms with E-state index in [-0.39, 0.29) is 5.76 Å². The smallest absolute Gasteiger partial charge is 0.301 e. The number of hydrogen-bond donors (Lipinski definition) is 3. The zero-order valence-electron chi connectivity index (χ0n) is 9.85. The molecule has 0 atom stereocenters. The molecule has 0 spiro atoms. The van der Waals surface area contributed by atoms with E-state index in [1.807, 2.05) is 5.43 Å². The normalized spacial score (nSPS) is 10.4. The van der Waals surface area contributed by atoms with E-state index in [1.165, 1.54) is 18.0 Å². The predicted octanol–water partition coefficient (Wildman–Crippen LogP) is 2.41. The van der Waals surface area contributed by atoms with Gasteiger partial charge in [0.05, 0.1) is 11.3 Å². The molecule has 0 bridgehead atoms. The van der Waals surface area contributed by atoms with Crippen LogP contribution in [0.5, 0.6) is 0 Å². The number of nitrogen functional groups attached to an aromatic ring is 2. The maximum atomic E-state index is 11.5. The van der Waals surface area contributed by atoms with Crippen molar-refractivity contribution in [2.24, 2.45) is 5.84 Å². The molecule has 2 rings (SSSR count). The van der Waals surface area contributed by atoms with Crippen molar-refractivity contribution < 1.29 is 9.21 Å². The fourth-order valence-corrected chi connectivity index (χ4v) is 2.86. The molecule has 5 nitrogen and oxygen atoms in total. The van der Waals surface area contributed by atoms with Crippen LogP contribution in [-0.4, -0.2) is 5.91 Å². The summed E-state index contributed by atoms with van der Waals surface area (Å²) in [4.78, 5) is 12.2. The van der Waals surface area contributed by atoms with Gasteiger partial charge in [0, 0.05) is 21.9 Å². The van der Waals surface area contributed by atoms with Crippen molar-refractivity contribution in [1.82, 2.24) is 5.43 Å². The van der Waals surface area contributed by atoms with Crippen molar-refractivity contribution in [1.29, 1.82) is 0 Å². The van der Waals surface area contributed by atoms with Crippen LogP contribution in [0.2, 0.25) is 5.02 Å². The van der Waals surface area contributed by atoms with Crippen LogP contribution in [0.3, 0.4) is 0 Å². The fraction of sp³-hybridized carbons (Fsp3) is 0.0833. The lowest BCUT2D eigenvalue weighted by molar-refractivity contribution is 0.0925. The van der Waals surface area contributed by atoms with E-state index in [1.54, 1.807) is 24.3 Å². The van der Waals surface area contributed by atoms with Crippen LogP contribution in [0.15, 0.2) is 39.8 Å². The number of thioether (sulfide) groups is 1. The van der Waals surface area contributed by atoms with Crippen LogP contribution in [0.25, 0.3) is 0 Å². The molecule has 2 aromatic rings. The highest BCUT2D eigenvalue weighted by Crippen LogP contribution is 2.35. The maximum absolute atomic E-state index is 11.5. The molecular weight excluding hydrogens is 286 g/mol. The number of carbonyl (C=O) groups excluding carboxylic acids is 1. The lowest BCUT2D eigenvalue weighted by Crippen LogP contribution is -2.30. The third-order valence-electron chi connectivity index (χ3n) is 2.45. The topological polar surface area (TPSA) is 94.3 Å². The summed E-state index contributed by atoms with van der Waals surface area (Å²) in [7, 11) is 0. The molecular formula is C12H12ClN3O2S. The Morgan fingerprint density at radius 2 is 2.21 bits per heavy atom. The number of amides is 1. The maximum Gasteiger partial charge on any atom is 0.301 e. The van der Waals surface area contributed by atoms with Crippen LogP contribution in [0.1, 0.15) is 16.1 Å². The average Bonchev–Trinajstić information content (AvgIpc) is 2.85. The Morgan fingerprint density at radius 1 is 1.42 bits per heavy atom. The van der Waals surface area contributed by atoms with E-state index in [2.05, 4.69) is 0 Å². The van der Waals surface area contributed by atoms with E-state index < -0.39 is 5.91 Å². The molecule has 0 saturated heterocycles. The summed E-state index contributed by atoms with van der Waals surface area (Å²) >= 11 is 7.51. The number of anilines is 1. The van der Waals surface area contributed by atoms with Gasteiger partial charge in [-0.25, -0.2) is 5.84 Å². The predicted molar refractivity (Wildman–Crippen MR) is 75.8 cm³/mol. The molecule has 0 fully saturated rings. The van der Waals surface area contributed by atoms with Crippen LogP contribution >= 0.6 is 23.4 Å². The Labute approximate surface area is 119 Å². The Balaban J connectivity index is 2.15. The zero-order chi connectivity index (χ0) is 13.8. The quantitative estimate of drug-likeness (QED) is 0.265. The summed E-state index contributed by atoms with van der Waals surface area (Å²) in [5, 5.41) is 0.582. The minimum atomic E-state index is -0.465. The molecule has 1 aromatic heterocycles. The molecule has 19 heavy (non-hydrogen) atoms. The third kappa shape index (κ3) is 3.04. The van der Waals surface area contributed by atoms with Crippen LogP contribution < -0.4 is 17.0 Å². The van der Waals surface area contributed by atoms with Crippen molar-refractivity contribution >= 4 is 35.0 Å². The van der Waals surface area contributed by atoms with Gasteiger partial charge in [-0.2, -0.15) is 0 Å². The Morgan fingerprint density at radius 3 is 2.89 bits per heavy atom. The summed E-state index contributed by atoms with van der Waals surface area (Å²) < 4.78 is 5.10. The van der Waals surface area contributed by atoms with Crippen molar-refractivity contribution in [2.45, 2.75) is 10.6 Å². The second kappa shape index (κ2) is 6.01. The summed E-state index contributed by atoms with van der Waals surface area (Å²) in [5.74, 6) is 5.32. The molecule has 0 aliphatic rings. The molecule has 0 unspecified atom stereocenters. The van der Waals surface area contributed by atoms with Gasteiger partial charge in [-0.1, -0.05) is 17.7 Å². The molecule has 0 saturated carbocycles. The molecule has 1 heterocycles. The average molecular weight is 298 g/mol. The second-order valence-corrected chi connectivity index (χ2v) is 5.09. The Bertz CT molecular complexity index is 580. The molecule has 1 amide bonds. The van der Waals surface area contributed by atoms with Gasteiger partial charge in [0.2, 0.25) is 0 Å². The third-order valence-corrected chi connectivity index (χ3v) is 4.08. The van der Waals surface area contributed by atoms with Crippen LogP contribution in [0, 0.1) is 0 Å². The van der Waals surface area contributed by atoms with Crippen molar-refractivity contribution in [3.63, 3.8) is 0 Å². The standard InChI is InChI=1S/C12H12ClN3O2S/c13-8-2-1-3-9(14)11(8)19-6-7-4-5-18-10(7)12(17)16-15/h1-5H,6,14-15H2,(H,16,17). The number of nitrogens with one attached hydrogen (secondary N) is 1. The van der Waals surface area contributed by atoms with Gasteiger partial charge >= 0.3 is 5.91 Å². The van der Waals surface area contributed by atoms with Crippen molar-refractivity contribution in [2.75, 3.05) is 5.73 Å². The number of nitrogens with two attached hydrogens (primary N) is 2. The molecule has 1 aromatic carbocycles. The first-order valence-corrected chi connectivity index (χ1v) is 6.74. The van der Waals surface area contributed by atoms with E-state index >= 15 is 0 Å². The molecule has 0 aliphatic heterocycles. The van der Waals surface area contributed by atoms with Gasteiger partial charge in [-0.3, -0.25) is 10.2 Å². The van der Waals surface area contributed by atoms with Gasteiger partial charge in [0.25, 0.3) is 0 Å². The first-order chi connectivity index (χ1) is 9.13. The lowest BCUT2D eigenvalue weighted by Gasteiger charge is -2.07. The van der Waals surface area contributed by atoms with E-state index in [4.69, 9.17) is 27.6 Å². The summed E-state index contributed by atoms with van der Waals surface area (Å²) in [5.41, 5.74) is 9.22. The Hall–Kier alpha value is -1.63. The summed E-state index contributed by atoms with van der Waals surface area (Å²) in [6.07, 6.45) is 1.44. The van der Waals surface area contributed by atoms with E-state index in [0.717, 1.165) is 10.5 Å². The molecule has 100 valence electrons. The largest absolute Gasteiger partial charge is 0.459 e. The van der Waals surface area contributed by atoms with Crippen molar-refractivity contribution in [3.05, 3.63) is 46.9 Å². The minimum Gasteiger partial charge on any atom is -0.459 e. The minimum absolute atomic E-state index is 0.195. The number of halogens is 1. The highest BCUT2D eigenvalue weighted by Gasteiger charge is 2.15. The fourth-order valence-electron chi connectivity index (χ4n) is 1.54. The highest BCUT2D eigenvalue weighted by molar-refractivity contribution is 7.98. The summed E-state index contributed by atoms with van der Waals surface area (Å²) in [6, 6.07) is 7.04. The van der Waals surface area contributed by atoms with Gasteiger partial charge in [0.15, 0.2) is 5.76 Å². The van der Waals surface area contributed by atoms with Crippen LogP contribution in [0.4, 0.5) is 5.69 Å². The molecule has 7 heteroatoms. The lowest BCUT2D eigenvalue weighted by atomic mass is 10.3. The van der Waals surface area contributed by atoms with Gasteiger partial charge in [-0.05, 0) is 18.2 Å². The molecule has 0 radical (unpaired) electrons. The number of furan rings is 1. The first-order valence-electron chi connectivity index (χ1n) is 5.37.